The molecular formula is C14H20BNO3S. The highest BCUT2D eigenvalue weighted by Crippen LogP contribution is 2.37. The molecule has 0 radical (unpaired) electrons. The number of rotatable bonds is 4. The van der Waals surface area contributed by atoms with Crippen molar-refractivity contribution in [1.82, 2.24) is 0 Å². The molecule has 108 valence electrons. The number of anilines is 1. The summed E-state index contributed by atoms with van der Waals surface area (Å²) in [6.45, 7) is 8.13. The normalized spacial score (nSPS) is 19.9. The predicted molar refractivity (Wildman–Crippen MR) is 83.6 cm³/mol. The van der Waals surface area contributed by atoms with E-state index in [2.05, 4.69) is 5.32 Å². The molecule has 1 saturated heterocycles. The van der Waals surface area contributed by atoms with E-state index in [4.69, 9.17) is 9.31 Å². The highest BCUT2D eigenvalue weighted by atomic mass is 32.2. The molecule has 4 nitrogen and oxygen atoms in total. The molecular weight excluding hydrogens is 273 g/mol. The van der Waals surface area contributed by atoms with Crippen molar-refractivity contribution in [2.75, 3.05) is 11.6 Å². The van der Waals surface area contributed by atoms with Crippen LogP contribution in [0.1, 0.15) is 27.7 Å². The second-order valence-electron chi connectivity index (χ2n) is 5.81. The van der Waals surface area contributed by atoms with Gasteiger partial charge in [-0.1, -0.05) is 6.07 Å². The summed E-state index contributed by atoms with van der Waals surface area (Å²) in [6, 6.07) is 5.80. The summed E-state index contributed by atoms with van der Waals surface area (Å²) in [7, 11) is -0.379. The van der Waals surface area contributed by atoms with E-state index in [1.165, 1.54) is 0 Å². The molecule has 0 aliphatic carbocycles. The first kappa shape index (κ1) is 15.4. The van der Waals surface area contributed by atoms with E-state index >= 15 is 0 Å². The molecule has 1 aliphatic rings. The quantitative estimate of drug-likeness (QED) is 0.525. The van der Waals surface area contributed by atoms with E-state index in [9.17, 15) is 4.79 Å². The molecule has 1 fully saturated rings. The lowest BCUT2D eigenvalue weighted by molar-refractivity contribution is -0.105. The van der Waals surface area contributed by atoms with Crippen LogP contribution in [0.2, 0.25) is 0 Å². The standard InChI is InChI=1S/C14H20BNO3S/c1-13(2)14(3,4)19-15(18-13)10-6-7-11(16-9-17)12(8-10)20-5/h6-9H,1-5H3,(H,16,17). The Morgan fingerprint density at radius 3 is 2.30 bits per heavy atom. The van der Waals surface area contributed by atoms with Crippen LogP contribution in [0.3, 0.4) is 0 Å². The molecule has 0 spiro atoms. The Bertz CT molecular complexity index is 503. The van der Waals surface area contributed by atoms with Crippen molar-refractivity contribution in [3.63, 3.8) is 0 Å². The first-order valence-electron chi connectivity index (χ1n) is 6.54. The summed E-state index contributed by atoms with van der Waals surface area (Å²) in [5, 5.41) is 2.69. The predicted octanol–water partition coefficient (Wildman–Crippen LogP) is 2.28. The van der Waals surface area contributed by atoms with Crippen LogP contribution in [0.15, 0.2) is 23.1 Å². The maximum atomic E-state index is 10.6. The van der Waals surface area contributed by atoms with Crippen molar-refractivity contribution in [1.29, 1.82) is 0 Å². The van der Waals surface area contributed by atoms with Gasteiger partial charge in [-0.05, 0) is 51.5 Å². The van der Waals surface area contributed by atoms with Crippen LogP contribution in [-0.2, 0) is 14.1 Å². The first-order chi connectivity index (χ1) is 9.30. The minimum atomic E-state index is -0.379. The van der Waals surface area contributed by atoms with E-state index in [1.807, 2.05) is 52.1 Å². The highest BCUT2D eigenvalue weighted by molar-refractivity contribution is 7.98. The lowest BCUT2D eigenvalue weighted by Gasteiger charge is -2.32. The molecule has 6 heteroatoms. The molecule has 0 saturated carbocycles. The highest BCUT2D eigenvalue weighted by Gasteiger charge is 2.51. The second kappa shape index (κ2) is 5.43. The number of nitrogens with one attached hydrogen (secondary N) is 1. The zero-order valence-electron chi connectivity index (χ0n) is 12.5. The monoisotopic (exact) mass is 293 g/mol. The zero-order valence-corrected chi connectivity index (χ0v) is 13.3. The number of hydrogen-bond acceptors (Lipinski definition) is 4. The van der Waals surface area contributed by atoms with Crippen LogP contribution in [-0.4, -0.2) is 31.0 Å². The van der Waals surface area contributed by atoms with Gasteiger partial charge in [-0.25, -0.2) is 0 Å². The molecule has 1 aromatic rings. The average Bonchev–Trinajstić information content (AvgIpc) is 2.59. The van der Waals surface area contributed by atoms with E-state index in [0.717, 1.165) is 16.0 Å². The van der Waals surface area contributed by atoms with Crippen LogP contribution in [0.4, 0.5) is 5.69 Å². The van der Waals surface area contributed by atoms with Crippen LogP contribution in [0.25, 0.3) is 0 Å². The van der Waals surface area contributed by atoms with Crippen molar-refractivity contribution >= 4 is 36.4 Å². The Morgan fingerprint density at radius 2 is 1.80 bits per heavy atom. The maximum Gasteiger partial charge on any atom is 0.494 e. The SMILES string of the molecule is CSc1cc(B2OC(C)(C)C(C)(C)O2)ccc1NC=O. The molecule has 1 aliphatic heterocycles. The third kappa shape index (κ3) is 2.73. The number of thioether (sulfide) groups is 1. The maximum absolute atomic E-state index is 10.6. The molecule has 1 heterocycles. The van der Waals surface area contributed by atoms with Crippen molar-refractivity contribution < 1.29 is 14.1 Å². The molecule has 1 amide bonds. The summed E-state index contributed by atoms with van der Waals surface area (Å²) in [4.78, 5) is 11.6. The third-order valence-corrected chi connectivity index (χ3v) is 4.74. The number of carbonyl (C=O) groups excluding carboxylic acids is 1. The van der Waals surface area contributed by atoms with Gasteiger partial charge in [0.1, 0.15) is 0 Å². The summed E-state index contributed by atoms with van der Waals surface area (Å²) in [6.07, 6.45) is 2.66. The second-order valence-corrected chi connectivity index (χ2v) is 6.66. The minimum Gasteiger partial charge on any atom is -0.399 e. The largest absolute Gasteiger partial charge is 0.494 e. The van der Waals surface area contributed by atoms with Crippen LogP contribution in [0, 0.1) is 0 Å². The summed E-state index contributed by atoms with van der Waals surface area (Å²) in [5.74, 6) is 0. The fraction of sp³-hybridized carbons (Fsp3) is 0.500. The molecule has 1 aromatic carbocycles. The first-order valence-corrected chi connectivity index (χ1v) is 7.77. The van der Waals surface area contributed by atoms with E-state index < -0.39 is 0 Å². The van der Waals surface area contributed by atoms with E-state index in [0.29, 0.717) is 6.41 Å². The zero-order chi connectivity index (χ0) is 15.0. The smallest absolute Gasteiger partial charge is 0.399 e. The van der Waals surface area contributed by atoms with Gasteiger partial charge in [-0.3, -0.25) is 4.79 Å². The number of amides is 1. The Hall–Kier alpha value is -0.975. The lowest BCUT2D eigenvalue weighted by Crippen LogP contribution is -2.41. The number of carbonyl (C=O) groups is 1. The van der Waals surface area contributed by atoms with Gasteiger partial charge in [0.15, 0.2) is 0 Å². The fourth-order valence-electron chi connectivity index (χ4n) is 2.02. The van der Waals surface area contributed by atoms with Crippen molar-refractivity contribution in [3.8, 4) is 0 Å². The Morgan fingerprint density at radius 1 is 1.20 bits per heavy atom. The fourth-order valence-corrected chi connectivity index (χ4v) is 2.62. The van der Waals surface area contributed by atoms with Gasteiger partial charge < -0.3 is 14.6 Å². The average molecular weight is 293 g/mol. The van der Waals surface area contributed by atoms with Crippen molar-refractivity contribution in [2.24, 2.45) is 0 Å². The van der Waals surface area contributed by atoms with Gasteiger partial charge in [-0.15, -0.1) is 11.8 Å². The topological polar surface area (TPSA) is 47.6 Å². The molecule has 1 N–H and O–H groups in total. The molecule has 20 heavy (non-hydrogen) atoms. The van der Waals surface area contributed by atoms with Crippen molar-refractivity contribution in [3.05, 3.63) is 18.2 Å². The molecule has 0 unspecified atom stereocenters. The lowest BCUT2D eigenvalue weighted by atomic mass is 9.79. The van der Waals surface area contributed by atoms with Gasteiger partial charge in [0, 0.05) is 4.90 Å². The molecule has 0 bridgehead atoms. The number of hydrogen-bond donors (Lipinski definition) is 1. The van der Waals surface area contributed by atoms with Gasteiger partial charge in [-0.2, -0.15) is 0 Å². The molecule has 0 aromatic heterocycles. The van der Waals surface area contributed by atoms with Gasteiger partial charge in [0.2, 0.25) is 6.41 Å². The minimum absolute atomic E-state index is 0.350. The summed E-state index contributed by atoms with van der Waals surface area (Å²) in [5.41, 5.74) is 1.06. The number of benzene rings is 1. The third-order valence-electron chi connectivity index (χ3n) is 3.97. The van der Waals surface area contributed by atoms with Gasteiger partial charge in [0.05, 0.1) is 16.9 Å². The van der Waals surface area contributed by atoms with E-state index in [1.54, 1.807) is 11.8 Å². The van der Waals surface area contributed by atoms with Crippen LogP contribution >= 0.6 is 11.8 Å². The Kier molecular flexibility index (Phi) is 4.18. The summed E-state index contributed by atoms with van der Waals surface area (Å²) >= 11 is 1.58. The Balaban J connectivity index is 2.29. The Labute approximate surface area is 124 Å². The van der Waals surface area contributed by atoms with Crippen LogP contribution in [0.5, 0.6) is 0 Å². The molecule has 2 rings (SSSR count). The molecule has 0 atom stereocenters. The van der Waals surface area contributed by atoms with E-state index in [-0.39, 0.29) is 18.3 Å². The van der Waals surface area contributed by atoms with Gasteiger partial charge >= 0.3 is 7.12 Å². The van der Waals surface area contributed by atoms with Gasteiger partial charge in [0.25, 0.3) is 0 Å². The summed E-state index contributed by atoms with van der Waals surface area (Å²) < 4.78 is 12.1. The van der Waals surface area contributed by atoms with Crippen molar-refractivity contribution in [2.45, 2.75) is 43.8 Å². The van der Waals surface area contributed by atoms with Crippen LogP contribution < -0.4 is 10.8 Å².